The first-order valence-electron chi connectivity index (χ1n) is 10.7. The number of anilines is 1. The maximum absolute atomic E-state index is 13.2. The van der Waals surface area contributed by atoms with Crippen molar-refractivity contribution in [1.29, 1.82) is 0 Å². The maximum Gasteiger partial charge on any atom is 0.300 e. The molecule has 33 heavy (non-hydrogen) atoms. The van der Waals surface area contributed by atoms with E-state index in [1.165, 1.54) is 11.2 Å². The van der Waals surface area contributed by atoms with Crippen LogP contribution in [0.3, 0.4) is 0 Å². The molecule has 1 amide bonds. The second-order valence-electron chi connectivity index (χ2n) is 7.81. The molecule has 1 saturated heterocycles. The molecule has 7 heteroatoms. The van der Waals surface area contributed by atoms with Crippen molar-refractivity contribution in [3.05, 3.63) is 83.8 Å². The lowest BCUT2D eigenvalue weighted by Crippen LogP contribution is -2.29. The summed E-state index contributed by atoms with van der Waals surface area (Å²) >= 11 is 0. The van der Waals surface area contributed by atoms with Crippen molar-refractivity contribution < 1.29 is 28.6 Å². The molecule has 2 heterocycles. The van der Waals surface area contributed by atoms with E-state index in [0.29, 0.717) is 35.1 Å². The fraction of sp³-hybridized carbons (Fsp3) is 0.231. The van der Waals surface area contributed by atoms with Gasteiger partial charge in [-0.3, -0.25) is 14.5 Å². The van der Waals surface area contributed by atoms with Gasteiger partial charge in [0.15, 0.2) is 0 Å². The molecule has 1 aromatic heterocycles. The Hall–Kier alpha value is -4.00. The van der Waals surface area contributed by atoms with Crippen LogP contribution in [-0.4, -0.2) is 29.5 Å². The second kappa shape index (κ2) is 9.24. The van der Waals surface area contributed by atoms with Gasteiger partial charge in [0.2, 0.25) is 0 Å². The van der Waals surface area contributed by atoms with Gasteiger partial charge in [0.25, 0.3) is 11.7 Å². The normalized spacial score (nSPS) is 17.6. The average Bonchev–Trinajstić information content (AvgIpc) is 3.40. The summed E-state index contributed by atoms with van der Waals surface area (Å²) in [4.78, 5) is 27.7. The van der Waals surface area contributed by atoms with Gasteiger partial charge in [-0.25, -0.2) is 0 Å². The number of rotatable bonds is 7. The highest BCUT2D eigenvalue weighted by molar-refractivity contribution is 6.51. The highest BCUT2D eigenvalue weighted by Crippen LogP contribution is 2.43. The minimum absolute atomic E-state index is 0.0570. The molecule has 0 aliphatic carbocycles. The van der Waals surface area contributed by atoms with Crippen LogP contribution in [0.2, 0.25) is 0 Å². The molecule has 1 aliphatic rings. The third kappa shape index (κ3) is 4.35. The molecule has 1 fully saturated rings. The number of aliphatic hydroxyl groups is 1. The van der Waals surface area contributed by atoms with Gasteiger partial charge >= 0.3 is 0 Å². The van der Waals surface area contributed by atoms with E-state index in [4.69, 9.17) is 13.9 Å². The molecule has 0 bridgehead atoms. The smallest absolute Gasteiger partial charge is 0.300 e. The predicted molar refractivity (Wildman–Crippen MR) is 123 cm³/mol. The molecule has 0 radical (unpaired) electrons. The van der Waals surface area contributed by atoms with E-state index in [-0.39, 0.29) is 17.4 Å². The topological polar surface area (TPSA) is 89.2 Å². The average molecular weight is 447 g/mol. The molecule has 1 aliphatic heterocycles. The summed E-state index contributed by atoms with van der Waals surface area (Å²) in [7, 11) is 0. The van der Waals surface area contributed by atoms with Crippen LogP contribution in [0.15, 0.2) is 76.9 Å². The highest BCUT2D eigenvalue weighted by atomic mass is 16.5. The van der Waals surface area contributed by atoms with Crippen LogP contribution in [0, 0.1) is 0 Å². The van der Waals surface area contributed by atoms with Gasteiger partial charge in [-0.05, 0) is 57.2 Å². The Labute approximate surface area is 191 Å². The number of benzene rings is 2. The number of hydrogen-bond donors (Lipinski definition) is 1. The summed E-state index contributed by atoms with van der Waals surface area (Å²) in [6, 6.07) is 16.1. The number of Topliss-reactive ketones (excluding diaryl/α,β-unsaturated/α-hetero) is 1. The van der Waals surface area contributed by atoms with E-state index < -0.39 is 17.7 Å². The van der Waals surface area contributed by atoms with Crippen molar-refractivity contribution in [1.82, 2.24) is 0 Å². The third-order valence-corrected chi connectivity index (χ3v) is 5.14. The first kappa shape index (κ1) is 22.2. The van der Waals surface area contributed by atoms with E-state index in [2.05, 4.69) is 0 Å². The van der Waals surface area contributed by atoms with Crippen molar-refractivity contribution in [3.8, 4) is 11.5 Å². The Morgan fingerprint density at radius 2 is 1.82 bits per heavy atom. The van der Waals surface area contributed by atoms with Crippen LogP contribution in [0.25, 0.3) is 5.76 Å². The summed E-state index contributed by atoms with van der Waals surface area (Å²) in [5, 5.41) is 11.2. The van der Waals surface area contributed by atoms with Gasteiger partial charge in [-0.15, -0.1) is 0 Å². The van der Waals surface area contributed by atoms with Gasteiger partial charge in [0.1, 0.15) is 29.1 Å². The Bertz CT molecular complexity index is 1200. The van der Waals surface area contributed by atoms with E-state index in [1.807, 2.05) is 20.8 Å². The number of carbonyl (C=O) groups is 2. The van der Waals surface area contributed by atoms with Gasteiger partial charge < -0.3 is 19.0 Å². The molecule has 1 unspecified atom stereocenters. The number of nitrogens with zero attached hydrogens (tertiary/aromatic N) is 1. The summed E-state index contributed by atoms with van der Waals surface area (Å²) in [5.41, 5.74) is 0.768. The third-order valence-electron chi connectivity index (χ3n) is 5.14. The lowest BCUT2D eigenvalue weighted by Gasteiger charge is -2.23. The number of furan rings is 1. The van der Waals surface area contributed by atoms with Crippen molar-refractivity contribution >= 4 is 23.1 Å². The standard InChI is InChI=1S/C26H25NO6/c1-4-31-19-10-6-9-18(15-19)27-23(21-12-7-13-32-21)22(25(29)26(27)30)24(28)17-8-5-11-20(14-17)33-16(2)3/h5-16,23,28H,4H2,1-3H3/b24-22-. The van der Waals surface area contributed by atoms with E-state index in [0.717, 1.165) is 0 Å². The second-order valence-corrected chi connectivity index (χ2v) is 7.81. The molecule has 0 saturated carbocycles. The zero-order valence-electron chi connectivity index (χ0n) is 18.6. The number of amides is 1. The minimum Gasteiger partial charge on any atom is -0.507 e. The monoisotopic (exact) mass is 447 g/mol. The molecule has 1 atom stereocenters. The number of hydrogen-bond acceptors (Lipinski definition) is 6. The van der Waals surface area contributed by atoms with Gasteiger partial charge in [-0.1, -0.05) is 18.2 Å². The predicted octanol–water partition coefficient (Wildman–Crippen LogP) is 5.09. The van der Waals surface area contributed by atoms with Crippen molar-refractivity contribution in [2.75, 3.05) is 11.5 Å². The molecule has 2 aromatic carbocycles. The molecule has 170 valence electrons. The fourth-order valence-electron chi connectivity index (χ4n) is 3.85. The maximum atomic E-state index is 13.2. The Balaban J connectivity index is 1.85. The lowest BCUT2D eigenvalue weighted by molar-refractivity contribution is -0.132. The van der Waals surface area contributed by atoms with Crippen LogP contribution in [-0.2, 0) is 9.59 Å². The minimum atomic E-state index is -0.938. The van der Waals surface area contributed by atoms with Crippen LogP contribution in [0.1, 0.15) is 38.1 Å². The SMILES string of the molecule is CCOc1cccc(N2C(=O)C(=O)/C(=C(\O)c3cccc(OC(C)C)c3)C2c2ccco2)c1. The summed E-state index contributed by atoms with van der Waals surface area (Å²) in [5.74, 6) is -0.400. The van der Waals surface area contributed by atoms with Crippen LogP contribution in [0.5, 0.6) is 11.5 Å². The summed E-state index contributed by atoms with van der Waals surface area (Å²) in [6.45, 7) is 6.11. The fourth-order valence-corrected chi connectivity index (χ4v) is 3.85. The molecule has 1 N–H and O–H groups in total. The summed E-state index contributed by atoms with van der Waals surface area (Å²) in [6.07, 6.45) is 1.40. The molecular weight excluding hydrogens is 422 g/mol. The number of ketones is 1. The molecule has 7 nitrogen and oxygen atoms in total. The Morgan fingerprint density at radius 3 is 2.52 bits per heavy atom. The van der Waals surface area contributed by atoms with E-state index >= 15 is 0 Å². The Morgan fingerprint density at radius 1 is 1.06 bits per heavy atom. The molecule has 4 rings (SSSR count). The number of carbonyl (C=O) groups excluding carboxylic acids is 2. The quantitative estimate of drug-likeness (QED) is 0.308. The van der Waals surface area contributed by atoms with Crippen molar-refractivity contribution in [2.45, 2.75) is 32.9 Å². The number of ether oxygens (including phenoxy) is 2. The zero-order valence-corrected chi connectivity index (χ0v) is 18.6. The molecular formula is C26H25NO6. The van der Waals surface area contributed by atoms with Crippen molar-refractivity contribution in [3.63, 3.8) is 0 Å². The highest BCUT2D eigenvalue weighted by Gasteiger charge is 2.48. The molecule has 0 spiro atoms. The summed E-state index contributed by atoms with van der Waals surface area (Å²) < 4.78 is 16.9. The van der Waals surface area contributed by atoms with Gasteiger partial charge in [0, 0.05) is 17.3 Å². The van der Waals surface area contributed by atoms with Crippen LogP contribution in [0.4, 0.5) is 5.69 Å². The van der Waals surface area contributed by atoms with Crippen molar-refractivity contribution in [2.24, 2.45) is 0 Å². The largest absolute Gasteiger partial charge is 0.507 e. The van der Waals surface area contributed by atoms with Crippen LogP contribution >= 0.6 is 0 Å². The van der Waals surface area contributed by atoms with Gasteiger partial charge in [-0.2, -0.15) is 0 Å². The van der Waals surface area contributed by atoms with Gasteiger partial charge in [0.05, 0.1) is 24.5 Å². The molecule has 3 aromatic rings. The van der Waals surface area contributed by atoms with Crippen LogP contribution < -0.4 is 14.4 Å². The van der Waals surface area contributed by atoms with E-state index in [9.17, 15) is 14.7 Å². The lowest BCUT2D eigenvalue weighted by atomic mass is 9.99. The Kier molecular flexibility index (Phi) is 6.22. The first-order chi connectivity index (χ1) is 15.9. The zero-order chi connectivity index (χ0) is 23.5. The first-order valence-corrected chi connectivity index (χ1v) is 10.7. The number of aliphatic hydroxyl groups excluding tert-OH is 1. The van der Waals surface area contributed by atoms with E-state index in [1.54, 1.807) is 60.7 Å².